The number of hydrogen-bond donors (Lipinski definition) is 1. The summed E-state index contributed by atoms with van der Waals surface area (Å²) in [6.07, 6.45) is 4.43. The van der Waals surface area contributed by atoms with Gasteiger partial charge in [-0.3, -0.25) is 0 Å². The lowest BCUT2D eigenvalue weighted by Gasteiger charge is -2.08. The quantitative estimate of drug-likeness (QED) is 0.801. The molecule has 2 aromatic heterocycles. The van der Waals surface area contributed by atoms with Crippen LogP contribution >= 0.6 is 23.2 Å². The molecule has 1 N–H and O–H groups in total. The molecule has 7 heteroatoms. The molecule has 0 fully saturated rings. The highest BCUT2D eigenvalue weighted by atomic mass is 35.5. The van der Waals surface area contributed by atoms with E-state index in [9.17, 15) is 4.79 Å². The Morgan fingerprint density at radius 2 is 2.14 bits per heavy atom. The number of hydrogen-bond acceptors (Lipinski definition) is 3. The molecule has 0 aliphatic rings. The van der Waals surface area contributed by atoms with Gasteiger partial charge in [-0.25, -0.2) is 14.8 Å². The number of carboxylic acids is 1. The van der Waals surface area contributed by atoms with E-state index in [-0.39, 0.29) is 5.56 Å². The SMILES string of the molecule is O=C(O)c1cncnc1Cn1ccc2c(Cl)cc(Cl)cc21. The average molecular weight is 322 g/mol. The van der Waals surface area contributed by atoms with Crippen LogP contribution in [-0.4, -0.2) is 25.6 Å². The van der Waals surface area contributed by atoms with Crippen molar-refractivity contribution in [1.82, 2.24) is 14.5 Å². The lowest BCUT2D eigenvalue weighted by Crippen LogP contribution is -2.09. The number of fused-ring (bicyclic) bond motifs is 1. The van der Waals surface area contributed by atoms with Crippen molar-refractivity contribution in [3.05, 3.63) is 58.2 Å². The molecule has 1 aromatic carbocycles. The van der Waals surface area contributed by atoms with Crippen LogP contribution in [0, 0.1) is 0 Å². The van der Waals surface area contributed by atoms with Gasteiger partial charge in [-0.15, -0.1) is 0 Å². The first kappa shape index (κ1) is 13.9. The Labute approximate surface area is 129 Å². The Bertz CT molecular complexity index is 845. The summed E-state index contributed by atoms with van der Waals surface area (Å²) < 4.78 is 1.85. The van der Waals surface area contributed by atoms with Gasteiger partial charge < -0.3 is 9.67 Å². The first-order valence-corrected chi connectivity index (χ1v) is 6.78. The third kappa shape index (κ3) is 2.57. The van der Waals surface area contributed by atoms with Crippen molar-refractivity contribution < 1.29 is 9.90 Å². The maximum absolute atomic E-state index is 11.2. The summed E-state index contributed by atoms with van der Waals surface area (Å²) in [6, 6.07) is 5.31. The van der Waals surface area contributed by atoms with Crippen molar-refractivity contribution in [1.29, 1.82) is 0 Å². The Morgan fingerprint density at radius 3 is 2.90 bits per heavy atom. The van der Waals surface area contributed by atoms with E-state index in [4.69, 9.17) is 28.3 Å². The highest BCUT2D eigenvalue weighted by molar-refractivity contribution is 6.38. The van der Waals surface area contributed by atoms with Crippen LogP contribution < -0.4 is 0 Å². The van der Waals surface area contributed by atoms with Crippen LogP contribution in [0.4, 0.5) is 0 Å². The van der Waals surface area contributed by atoms with Gasteiger partial charge in [0.25, 0.3) is 0 Å². The van der Waals surface area contributed by atoms with Gasteiger partial charge in [-0.05, 0) is 18.2 Å². The first-order valence-electron chi connectivity index (χ1n) is 6.02. The van der Waals surface area contributed by atoms with Crippen LogP contribution in [0.15, 0.2) is 36.9 Å². The van der Waals surface area contributed by atoms with Gasteiger partial charge in [0, 0.05) is 22.8 Å². The van der Waals surface area contributed by atoms with Crippen molar-refractivity contribution in [3.63, 3.8) is 0 Å². The predicted molar refractivity (Wildman–Crippen MR) is 80.1 cm³/mol. The maximum atomic E-state index is 11.2. The molecule has 21 heavy (non-hydrogen) atoms. The van der Waals surface area contributed by atoms with Gasteiger partial charge >= 0.3 is 5.97 Å². The molecule has 3 aromatic rings. The van der Waals surface area contributed by atoms with Gasteiger partial charge in [0.15, 0.2) is 0 Å². The fourth-order valence-corrected chi connectivity index (χ4v) is 2.72. The number of aromatic carboxylic acids is 1. The topological polar surface area (TPSA) is 68.0 Å². The zero-order chi connectivity index (χ0) is 15.0. The Hall–Kier alpha value is -2.11. The molecule has 0 spiro atoms. The van der Waals surface area contributed by atoms with Crippen LogP contribution in [0.25, 0.3) is 10.9 Å². The number of nitrogens with zero attached hydrogens (tertiary/aromatic N) is 3. The molecule has 0 saturated carbocycles. The van der Waals surface area contributed by atoms with E-state index in [1.165, 1.54) is 12.5 Å². The van der Waals surface area contributed by atoms with E-state index in [0.29, 0.717) is 22.3 Å². The van der Waals surface area contributed by atoms with Crippen LogP contribution in [-0.2, 0) is 6.54 Å². The Balaban J connectivity index is 2.09. The molecule has 0 saturated heterocycles. The maximum Gasteiger partial charge on any atom is 0.339 e. The number of benzene rings is 1. The second-order valence-corrected chi connectivity index (χ2v) is 5.30. The van der Waals surface area contributed by atoms with E-state index in [0.717, 1.165) is 10.9 Å². The summed E-state index contributed by atoms with van der Waals surface area (Å²) >= 11 is 12.2. The van der Waals surface area contributed by atoms with E-state index in [1.54, 1.807) is 12.1 Å². The minimum absolute atomic E-state index is 0.0764. The molecule has 0 atom stereocenters. The molecular weight excluding hydrogens is 313 g/mol. The summed E-state index contributed by atoms with van der Waals surface area (Å²) in [6.45, 7) is 0.296. The molecule has 0 unspecified atom stereocenters. The fourth-order valence-electron chi connectivity index (χ4n) is 2.18. The number of halogens is 2. The number of carbonyl (C=O) groups is 1. The number of rotatable bonds is 3. The minimum atomic E-state index is -1.06. The Kier molecular flexibility index (Phi) is 3.53. The van der Waals surface area contributed by atoms with Gasteiger partial charge in [-0.1, -0.05) is 23.2 Å². The predicted octanol–water partition coefficient (Wildman–Crippen LogP) is 3.48. The van der Waals surface area contributed by atoms with Crippen molar-refractivity contribution in [2.75, 3.05) is 0 Å². The molecule has 2 heterocycles. The standard InChI is InChI=1S/C14H9Cl2N3O2/c15-8-3-11(16)9-1-2-19(13(9)4-8)6-12-10(14(20)21)5-17-7-18-12/h1-5,7H,6H2,(H,20,21). The number of carboxylic acid groups (broad SMARTS) is 1. The lowest BCUT2D eigenvalue weighted by molar-refractivity contribution is 0.0694. The van der Waals surface area contributed by atoms with Gasteiger partial charge in [0.05, 0.1) is 22.8 Å². The zero-order valence-electron chi connectivity index (χ0n) is 10.6. The van der Waals surface area contributed by atoms with E-state index in [2.05, 4.69) is 9.97 Å². The highest BCUT2D eigenvalue weighted by Crippen LogP contribution is 2.29. The summed E-state index contributed by atoms with van der Waals surface area (Å²) in [4.78, 5) is 19.0. The molecular formula is C14H9Cl2N3O2. The monoisotopic (exact) mass is 321 g/mol. The molecule has 0 radical (unpaired) electrons. The summed E-state index contributed by atoms with van der Waals surface area (Å²) in [5.41, 5.74) is 1.32. The average Bonchev–Trinajstić information content (AvgIpc) is 2.82. The number of aromatic nitrogens is 3. The molecule has 0 aliphatic heterocycles. The van der Waals surface area contributed by atoms with Gasteiger partial charge in [0.1, 0.15) is 11.9 Å². The minimum Gasteiger partial charge on any atom is -0.478 e. The molecule has 106 valence electrons. The third-order valence-electron chi connectivity index (χ3n) is 3.15. The van der Waals surface area contributed by atoms with Crippen LogP contribution in [0.3, 0.4) is 0 Å². The van der Waals surface area contributed by atoms with Crippen molar-refractivity contribution >= 4 is 40.1 Å². The third-order valence-corrected chi connectivity index (χ3v) is 3.68. The molecule has 5 nitrogen and oxygen atoms in total. The second-order valence-electron chi connectivity index (χ2n) is 4.45. The second kappa shape index (κ2) is 5.35. The fraction of sp³-hybridized carbons (Fsp3) is 0.0714. The summed E-state index contributed by atoms with van der Waals surface area (Å²) in [5, 5.41) is 11.1. The van der Waals surface area contributed by atoms with Crippen LogP contribution in [0.5, 0.6) is 0 Å². The molecule has 0 bridgehead atoms. The summed E-state index contributed by atoms with van der Waals surface area (Å²) in [7, 11) is 0. The van der Waals surface area contributed by atoms with E-state index >= 15 is 0 Å². The molecule has 3 rings (SSSR count). The van der Waals surface area contributed by atoms with E-state index in [1.807, 2.05) is 16.8 Å². The highest BCUT2D eigenvalue weighted by Gasteiger charge is 2.13. The first-order chi connectivity index (χ1) is 10.1. The largest absolute Gasteiger partial charge is 0.478 e. The molecule has 0 aliphatic carbocycles. The zero-order valence-corrected chi connectivity index (χ0v) is 12.1. The van der Waals surface area contributed by atoms with Crippen LogP contribution in [0.2, 0.25) is 10.0 Å². The smallest absolute Gasteiger partial charge is 0.339 e. The molecule has 0 amide bonds. The summed E-state index contributed by atoms with van der Waals surface area (Å²) in [5.74, 6) is -1.06. The van der Waals surface area contributed by atoms with Crippen molar-refractivity contribution in [2.24, 2.45) is 0 Å². The van der Waals surface area contributed by atoms with Crippen LogP contribution in [0.1, 0.15) is 16.1 Å². The lowest BCUT2D eigenvalue weighted by atomic mass is 10.2. The normalized spacial score (nSPS) is 11.0. The van der Waals surface area contributed by atoms with Crippen molar-refractivity contribution in [3.8, 4) is 0 Å². The van der Waals surface area contributed by atoms with Crippen molar-refractivity contribution in [2.45, 2.75) is 6.54 Å². The van der Waals surface area contributed by atoms with E-state index < -0.39 is 5.97 Å². The van der Waals surface area contributed by atoms with Gasteiger partial charge in [-0.2, -0.15) is 0 Å². The van der Waals surface area contributed by atoms with Gasteiger partial charge in [0.2, 0.25) is 0 Å². The Morgan fingerprint density at radius 1 is 1.33 bits per heavy atom.